The van der Waals surface area contributed by atoms with E-state index in [1.807, 2.05) is 44.4 Å². The van der Waals surface area contributed by atoms with Gasteiger partial charge in [-0.1, -0.05) is 13.8 Å². The van der Waals surface area contributed by atoms with Gasteiger partial charge in [0.25, 0.3) is 0 Å². The Labute approximate surface area is 122 Å². The molecular formula is C14H19N3O2S. The molecule has 2 aromatic heterocycles. The number of imidazole rings is 1. The number of aromatic nitrogens is 3. The van der Waals surface area contributed by atoms with E-state index in [4.69, 9.17) is 0 Å². The first-order valence-corrected chi connectivity index (χ1v) is 7.60. The van der Waals surface area contributed by atoms with E-state index in [0.29, 0.717) is 11.5 Å². The summed E-state index contributed by atoms with van der Waals surface area (Å²) in [7, 11) is 0. The Morgan fingerprint density at radius 3 is 2.70 bits per heavy atom. The second-order valence-electron chi connectivity index (χ2n) is 5.26. The largest absolute Gasteiger partial charge is 0.480 e. The number of hydrogen-bond donors (Lipinski definition) is 1. The molecule has 0 amide bonds. The van der Waals surface area contributed by atoms with Gasteiger partial charge in [-0.3, -0.25) is 9.20 Å². The standard InChI is InChI=1S/C14H19N3O2S/c1-8(2)12(13(18)19)20-7-11-6-17-10(4)5-9(3)15-14(17)16-11/h5-6,8,12H,7H2,1-4H3,(H,18,19). The van der Waals surface area contributed by atoms with Gasteiger partial charge in [-0.15, -0.1) is 11.8 Å². The molecule has 5 nitrogen and oxygen atoms in total. The molecule has 1 atom stereocenters. The summed E-state index contributed by atoms with van der Waals surface area (Å²) in [6.07, 6.45) is 1.93. The van der Waals surface area contributed by atoms with Crippen LogP contribution in [-0.4, -0.2) is 30.7 Å². The maximum absolute atomic E-state index is 11.2. The van der Waals surface area contributed by atoms with Crippen LogP contribution in [0.2, 0.25) is 0 Å². The lowest BCUT2D eigenvalue weighted by Gasteiger charge is -2.14. The molecule has 0 saturated carbocycles. The topological polar surface area (TPSA) is 67.5 Å². The molecular weight excluding hydrogens is 274 g/mol. The van der Waals surface area contributed by atoms with E-state index in [0.717, 1.165) is 17.1 Å². The van der Waals surface area contributed by atoms with Gasteiger partial charge in [0.1, 0.15) is 5.25 Å². The minimum Gasteiger partial charge on any atom is -0.480 e. The summed E-state index contributed by atoms with van der Waals surface area (Å²) >= 11 is 1.41. The number of aliphatic carboxylic acids is 1. The molecule has 0 fully saturated rings. The third kappa shape index (κ3) is 3.12. The molecule has 0 aliphatic rings. The third-order valence-electron chi connectivity index (χ3n) is 3.07. The molecule has 0 aliphatic carbocycles. The number of carbonyl (C=O) groups is 1. The van der Waals surface area contributed by atoms with Crippen molar-refractivity contribution in [2.75, 3.05) is 0 Å². The van der Waals surface area contributed by atoms with Gasteiger partial charge in [0.05, 0.1) is 5.69 Å². The number of aryl methyl sites for hydroxylation is 2. The van der Waals surface area contributed by atoms with Gasteiger partial charge >= 0.3 is 5.97 Å². The van der Waals surface area contributed by atoms with Crippen LogP contribution in [0.4, 0.5) is 0 Å². The van der Waals surface area contributed by atoms with Gasteiger partial charge in [-0.25, -0.2) is 9.97 Å². The zero-order chi connectivity index (χ0) is 14.9. The smallest absolute Gasteiger partial charge is 0.316 e. The van der Waals surface area contributed by atoms with E-state index in [-0.39, 0.29) is 5.92 Å². The summed E-state index contributed by atoms with van der Waals surface area (Å²) in [6, 6.07) is 2.00. The summed E-state index contributed by atoms with van der Waals surface area (Å²) in [5, 5.41) is 8.78. The lowest BCUT2D eigenvalue weighted by molar-refractivity contribution is -0.137. The molecule has 0 aromatic carbocycles. The summed E-state index contributed by atoms with van der Waals surface area (Å²) < 4.78 is 1.94. The molecule has 2 heterocycles. The van der Waals surface area contributed by atoms with Gasteiger partial charge in [0, 0.05) is 23.3 Å². The molecule has 0 radical (unpaired) electrons. The second-order valence-corrected chi connectivity index (χ2v) is 6.38. The predicted octanol–water partition coefficient (Wildman–Crippen LogP) is 2.69. The minimum absolute atomic E-state index is 0.0941. The highest BCUT2D eigenvalue weighted by molar-refractivity contribution is 7.99. The number of carboxylic acid groups (broad SMARTS) is 1. The average molecular weight is 293 g/mol. The van der Waals surface area contributed by atoms with Gasteiger partial charge < -0.3 is 5.11 Å². The monoisotopic (exact) mass is 293 g/mol. The molecule has 20 heavy (non-hydrogen) atoms. The van der Waals surface area contributed by atoms with Crippen molar-refractivity contribution in [1.29, 1.82) is 0 Å². The zero-order valence-electron chi connectivity index (χ0n) is 12.1. The normalized spacial score (nSPS) is 13.1. The van der Waals surface area contributed by atoms with Gasteiger partial charge in [-0.2, -0.15) is 0 Å². The molecule has 108 valence electrons. The molecule has 1 N–H and O–H groups in total. The predicted molar refractivity (Wildman–Crippen MR) is 80.0 cm³/mol. The van der Waals surface area contributed by atoms with Crippen LogP contribution in [0.5, 0.6) is 0 Å². The van der Waals surface area contributed by atoms with Crippen LogP contribution < -0.4 is 0 Å². The molecule has 0 saturated heterocycles. The molecule has 0 aliphatic heterocycles. The van der Waals surface area contributed by atoms with Crippen LogP contribution in [0.15, 0.2) is 12.3 Å². The number of rotatable bonds is 5. The van der Waals surface area contributed by atoms with Crippen molar-refractivity contribution in [3.8, 4) is 0 Å². The van der Waals surface area contributed by atoms with Gasteiger partial charge in [-0.05, 0) is 25.8 Å². The lowest BCUT2D eigenvalue weighted by Crippen LogP contribution is -2.22. The SMILES string of the molecule is Cc1cc(C)n2cc(CSC(C(=O)O)C(C)C)nc2n1. The molecule has 0 bridgehead atoms. The van der Waals surface area contributed by atoms with Crippen LogP contribution >= 0.6 is 11.8 Å². The summed E-state index contributed by atoms with van der Waals surface area (Å²) in [5.41, 5.74) is 2.88. The van der Waals surface area contributed by atoms with Crippen molar-refractivity contribution in [3.05, 3.63) is 29.3 Å². The number of hydrogen-bond acceptors (Lipinski definition) is 4. The number of carboxylic acids is 1. The average Bonchev–Trinajstić information content (AvgIpc) is 2.71. The molecule has 2 rings (SSSR count). The maximum Gasteiger partial charge on any atom is 0.316 e. The first-order chi connectivity index (χ1) is 9.38. The highest BCUT2D eigenvalue weighted by Crippen LogP contribution is 2.24. The van der Waals surface area contributed by atoms with E-state index in [1.54, 1.807) is 0 Å². The van der Waals surface area contributed by atoms with Gasteiger partial charge in [0.2, 0.25) is 5.78 Å². The van der Waals surface area contributed by atoms with Crippen molar-refractivity contribution in [3.63, 3.8) is 0 Å². The van der Waals surface area contributed by atoms with Crippen LogP contribution in [0.3, 0.4) is 0 Å². The van der Waals surface area contributed by atoms with E-state index in [1.165, 1.54) is 11.8 Å². The van der Waals surface area contributed by atoms with Crippen LogP contribution in [-0.2, 0) is 10.5 Å². The van der Waals surface area contributed by atoms with E-state index < -0.39 is 11.2 Å². The number of fused-ring (bicyclic) bond motifs is 1. The Bertz CT molecular complexity index is 637. The summed E-state index contributed by atoms with van der Waals surface area (Å²) in [6.45, 7) is 7.79. The fourth-order valence-electron chi connectivity index (χ4n) is 2.11. The van der Waals surface area contributed by atoms with Crippen molar-refractivity contribution in [2.24, 2.45) is 5.92 Å². The van der Waals surface area contributed by atoms with Crippen LogP contribution in [0.1, 0.15) is 30.9 Å². The van der Waals surface area contributed by atoms with Crippen molar-refractivity contribution < 1.29 is 9.90 Å². The van der Waals surface area contributed by atoms with Crippen LogP contribution in [0, 0.1) is 19.8 Å². The molecule has 6 heteroatoms. The Balaban J connectivity index is 2.18. The molecule has 2 aromatic rings. The lowest BCUT2D eigenvalue weighted by atomic mass is 10.1. The van der Waals surface area contributed by atoms with E-state index >= 15 is 0 Å². The zero-order valence-corrected chi connectivity index (χ0v) is 12.9. The van der Waals surface area contributed by atoms with E-state index in [9.17, 15) is 9.90 Å². The third-order valence-corrected chi connectivity index (χ3v) is 4.64. The highest BCUT2D eigenvalue weighted by atomic mass is 32.2. The van der Waals surface area contributed by atoms with E-state index in [2.05, 4.69) is 9.97 Å². The Kier molecular flexibility index (Phi) is 4.32. The van der Waals surface area contributed by atoms with Crippen molar-refractivity contribution in [1.82, 2.24) is 14.4 Å². The number of nitrogens with zero attached hydrogens (tertiary/aromatic N) is 3. The highest BCUT2D eigenvalue weighted by Gasteiger charge is 2.22. The first kappa shape index (κ1) is 14.8. The van der Waals surface area contributed by atoms with Gasteiger partial charge in [0.15, 0.2) is 0 Å². The quantitative estimate of drug-likeness (QED) is 0.918. The maximum atomic E-state index is 11.2. The van der Waals surface area contributed by atoms with Crippen molar-refractivity contribution in [2.45, 2.75) is 38.7 Å². The Hall–Kier alpha value is -1.56. The second kappa shape index (κ2) is 5.83. The van der Waals surface area contributed by atoms with Crippen molar-refractivity contribution >= 4 is 23.5 Å². The fourth-order valence-corrected chi connectivity index (χ4v) is 3.13. The fraction of sp³-hybridized carbons (Fsp3) is 0.500. The Morgan fingerprint density at radius 2 is 2.10 bits per heavy atom. The number of thioether (sulfide) groups is 1. The minimum atomic E-state index is -0.765. The Morgan fingerprint density at radius 1 is 1.40 bits per heavy atom. The summed E-state index contributed by atoms with van der Waals surface area (Å²) in [4.78, 5) is 20.0. The van der Waals surface area contributed by atoms with Crippen LogP contribution in [0.25, 0.3) is 5.78 Å². The molecule has 1 unspecified atom stereocenters. The molecule has 0 spiro atoms. The first-order valence-electron chi connectivity index (χ1n) is 6.55. The summed E-state index contributed by atoms with van der Waals surface area (Å²) in [5.74, 6) is 0.585.